The number of thioether (sulfide) groups is 1. The van der Waals surface area contributed by atoms with Gasteiger partial charge in [0.05, 0.1) is 17.9 Å². The lowest BCUT2D eigenvalue weighted by Gasteiger charge is -2.18. The van der Waals surface area contributed by atoms with E-state index in [1.165, 1.54) is 11.8 Å². The molecule has 0 fully saturated rings. The van der Waals surface area contributed by atoms with Crippen LogP contribution in [0.25, 0.3) is 5.69 Å². The Hall–Kier alpha value is -3.01. The third-order valence-electron chi connectivity index (χ3n) is 4.94. The predicted octanol–water partition coefficient (Wildman–Crippen LogP) is 6.56. The van der Waals surface area contributed by atoms with Crippen LogP contribution in [0.3, 0.4) is 0 Å². The minimum atomic E-state index is -0.438. The van der Waals surface area contributed by atoms with Gasteiger partial charge in [-0.2, -0.15) is 0 Å². The van der Waals surface area contributed by atoms with Gasteiger partial charge < -0.3 is 14.8 Å². The summed E-state index contributed by atoms with van der Waals surface area (Å²) in [5.41, 5.74) is 1.48. The van der Waals surface area contributed by atoms with Crippen LogP contribution in [0.1, 0.15) is 18.9 Å². The van der Waals surface area contributed by atoms with Crippen LogP contribution in [0.2, 0.25) is 5.02 Å². The Balaban J connectivity index is 1.54. The van der Waals surface area contributed by atoms with Crippen molar-refractivity contribution < 1.29 is 14.3 Å². The van der Waals surface area contributed by atoms with E-state index in [0.717, 1.165) is 10.2 Å². The third-order valence-corrected chi connectivity index (χ3v) is 7.11. The number of hydrogen-bond donors (Lipinski definition) is 1. The molecule has 0 aliphatic rings. The second-order valence-electron chi connectivity index (χ2n) is 7.39. The van der Waals surface area contributed by atoms with Crippen molar-refractivity contribution in [1.82, 2.24) is 14.8 Å². The van der Waals surface area contributed by atoms with E-state index in [0.29, 0.717) is 33.2 Å². The molecule has 1 N–H and O–H groups in total. The smallest absolute Gasteiger partial charge is 0.234 e. The quantitative estimate of drug-likeness (QED) is 0.228. The van der Waals surface area contributed by atoms with E-state index in [4.69, 9.17) is 21.1 Å². The van der Waals surface area contributed by atoms with Crippen molar-refractivity contribution in [3.05, 3.63) is 88.1 Å². The Morgan fingerprint density at radius 3 is 2.51 bits per heavy atom. The van der Waals surface area contributed by atoms with Crippen LogP contribution in [-0.2, 0) is 4.79 Å². The normalized spacial score (nSPS) is 11.7. The summed E-state index contributed by atoms with van der Waals surface area (Å²) in [6.07, 6.45) is -0.438. The van der Waals surface area contributed by atoms with Crippen molar-refractivity contribution in [3.63, 3.8) is 0 Å². The van der Waals surface area contributed by atoms with Gasteiger partial charge in [-0.3, -0.25) is 9.36 Å². The Kier molecular flexibility index (Phi) is 8.33. The molecule has 10 heteroatoms. The molecule has 0 radical (unpaired) electrons. The van der Waals surface area contributed by atoms with E-state index in [1.807, 2.05) is 66.1 Å². The first-order valence-electron chi connectivity index (χ1n) is 10.6. The number of hydrogen-bond acceptors (Lipinski definition) is 6. The Morgan fingerprint density at radius 2 is 1.80 bits per heavy atom. The molecule has 1 unspecified atom stereocenters. The van der Waals surface area contributed by atoms with Gasteiger partial charge in [0.25, 0.3) is 0 Å². The maximum absolute atomic E-state index is 12.6. The second-order valence-corrected chi connectivity index (χ2v) is 9.59. The Morgan fingerprint density at radius 1 is 1.09 bits per heavy atom. The van der Waals surface area contributed by atoms with Crippen LogP contribution in [0.15, 0.2) is 82.4 Å². The number of benzene rings is 3. The van der Waals surface area contributed by atoms with Crippen LogP contribution in [0.5, 0.6) is 11.5 Å². The number of carbonyl (C=O) groups is 1. The van der Waals surface area contributed by atoms with Gasteiger partial charge in [0.2, 0.25) is 5.91 Å². The number of halogens is 2. The summed E-state index contributed by atoms with van der Waals surface area (Å²) < 4.78 is 14.2. The average Bonchev–Trinajstić information content (AvgIpc) is 3.30. The SMILES string of the molecule is COc1ccccc1OC(C)c1nnc(SCC(=O)Nc2ccc(Br)c(Cl)c2)n1-c1ccccc1. The van der Waals surface area contributed by atoms with Crippen LogP contribution in [0.4, 0.5) is 5.69 Å². The fourth-order valence-electron chi connectivity index (χ4n) is 3.32. The van der Waals surface area contributed by atoms with E-state index in [-0.39, 0.29) is 11.7 Å². The number of para-hydroxylation sites is 3. The molecule has 1 atom stereocenters. The molecule has 0 aliphatic heterocycles. The zero-order valence-corrected chi connectivity index (χ0v) is 22.1. The average molecular weight is 574 g/mol. The summed E-state index contributed by atoms with van der Waals surface area (Å²) in [7, 11) is 1.60. The zero-order chi connectivity index (χ0) is 24.8. The summed E-state index contributed by atoms with van der Waals surface area (Å²) in [5, 5.41) is 12.7. The van der Waals surface area contributed by atoms with Crippen molar-refractivity contribution >= 4 is 50.9 Å². The molecule has 180 valence electrons. The lowest BCUT2D eigenvalue weighted by molar-refractivity contribution is -0.113. The van der Waals surface area contributed by atoms with E-state index in [2.05, 4.69) is 31.4 Å². The molecule has 0 spiro atoms. The fourth-order valence-corrected chi connectivity index (χ4v) is 4.50. The number of anilines is 1. The molecular weight excluding hydrogens is 552 g/mol. The Bertz CT molecular complexity index is 1320. The summed E-state index contributed by atoms with van der Waals surface area (Å²) in [5.74, 6) is 1.79. The maximum Gasteiger partial charge on any atom is 0.234 e. The number of rotatable bonds is 9. The molecular formula is C25H22BrClN4O3S. The number of nitrogens with zero attached hydrogens (tertiary/aromatic N) is 3. The molecule has 0 saturated carbocycles. The van der Waals surface area contributed by atoms with Crippen molar-refractivity contribution in [3.8, 4) is 17.2 Å². The van der Waals surface area contributed by atoms with Gasteiger partial charge >= 0.3 is 0 Å². The van der Waals surface area contributed by atoms with Crippen molar-refractivity contribution in [2.24, 2.45) is 0 Å². The summed E-state index contributed by atoms with van der Waals surface area (Å²) in [6.45, 7) is 1.90. The number of methoxy groups -OCH3 is 1. The topological polar surface area (TPSA) is 78.3 Å². The van der Waals surface area contributed by atoms with Gasteiger partial charge in [-0.1, -0.05) is 53.7 Å². The number of amides is 1. The van der Waals surface area contributed by atoms with Crippen molar-refractivity contribution in [2.75, 3.05) is 18.2 Å². The summed E-state index contributed by atoms with van der Waals surface area (Å²) >= 11 is 10.8. The van der Waals surface area contributed by atoms with E-state index in [1.54, 1.807) is 25.3 Å². The zero-order valence-electron chi connectivity index (χ0n) is 18.9. The first-order valence-corrected chi connectivity index (χ1v) is 12.8. The van der Waals surface area contributed by atoms with E-state index in [9.17, 15) is 4.79 Å². The second kappa shape index (κ2) is 11.6. The molecule has 3 aromatic carbocycles. The van der Waals surface area contributed by atoms with Gasteiger partial charge in [-0.05, 0) is 65.3 Å². The number of aromatic nitrogens is 3. The highest BCUT2D eigenvalue weighted by Crippen LogP contribution is 2.32. The number of carbonyl (C=O) groups excluding carboxylic acids is 1. The molecule has 7 nitrogen and oxygen atoms in total. The van der Waals surface area contributed by atoms with Crippen LogP contribution < -0.4 is 14.8 Å². The molecule has 1 amide bonds. The minimum Gasteiger partial charge on any atom is -0.493 e. The number of ether oxygens (including phenoxy) is 2. The highest BCUT2D eigenvalue weighted by Gasteiger charge is 2.22. The molecule has 4 rings (SSSR count). The first-order chi connectivity index (χ1) is 17.0. The largest absolute Gasteiger partial charge is 0.493 e. The van der Waals surface area contributed by atoms with Gasteiger partial charge in [-0.15, -0.1) is 10.2 Å². The lowest BCUT2D eigenvalue weighted by Crippen LogP contribution is -2.15. The number of nitrogens with one attached hydrogen (secondary N) is 1. The lowest BCUT2D eigenvalue weighted by atomic mass is 10.3. The van der Waals surface area contributed by atoms with Gasteiger partial charge in [0, 0.05) is 15.8 Å². The highest BCUT2D eigenvalue weighted by molar-refractivity contribution is 9.10. The molecule has 1 aromatic heterocycles. The standard InChI is InChI=1S/C25H22BrClN4O3S/c1-16(34-22-11-7-6-10-21(22)33-2)24-29-30-25(31(24)18-8-4-3-5-9-18)35-15-23(32)28-17-12-13-19(26)20(27)14-17/h3-14,16H,15H2,1-2H3,(H,28,32). The monoisotopic (exact) mass is 572 g/mol. The first kappa shape index (κ1) is 25.1. The fraction of sp³-hybridized carbons (Fsp3) is 0.160. The summed E-state index contributed by atoms with van der Waals surface area (Å²) in [6, 6.07) is 22.4. The van der Waals surface area contributed by atoms with Crippen LogP contribution in [-0.4, -0.2) is 33.5 Å². The third kappa shape index (κ3) is 6.17. The molecule has 0 bridgehead atoms. The molecule has 1 heterocycles. The Labute approximate surface area is 220 Å². The summed E-state index contributed by atoms with van der Waals surface area (Å²) in [4.78, 5) is 12.6. The highest BCUT2D eigenvalue weighted by atomic mass is 79.9. The van der Waals surface area contributed by atoms with E-state index >= 15 is 0 Å². The maximum atomic E-state index is 12.6. The molecule has 4 aromatic rings. The van der Waals surface area contributed by atoms with Crippen LogP contribution in [0, 0.1) is 0 Å². The van der Waals surface area contributed by atoms with E-state index < -0.39 is 6.10 Å². The van der Waals surface area contributed by atoms with Crippen molar-refractivity contribution in [2.45, 2.75) is 18.2 Å². The molecule has 0 saturated heterocycles. The van der Waals surface area contributed by atoms with Crippen LogP contribution >= 0.6 is 39.3 Å². The van der Waals surface area contributed by atoms with Crippen molar-refractivity contribution in [1.29, 1.82) is 0 Å². The van der Waals surface area contributed by atoms with Gasteiger partial charge in [-0.25, -0.2) is 0 Å². The molecule has 0 aliphatic carbocycles. The van der Waals surface area contributed by atoms with Gasteiger partial charge in [0.15, 0.2) is 28.6 Å². The minimum absolute atomic E-state index is 0.139. The van der Waals surface area contributed by atoms with Gasteiger partial charge in [0.1, 0.15) is 0 Å². The predicted molar refractivity (Wildman–Crippen MR) is 142 cm³/mol. The molecule has 35 heavy (non-hydrogen) atoms.